The Balaban J connectivity index is 1.65. The Hall–Kier alpha value is -3.79. The van der Waals surface area contributed by atoms with Crippen LogP contribution in [0.4, 0.5) is 17.6 Å². The number of hydrazone groups is 1. The molecule has 10 heteroatoms. The minimum atomic E-state index is 0.272. The fourth-order valence-corrected chi connectivity index (χ4v) is 3.26. The number of rotatable bonds is 7. The smallest absolute Gasteiger partial charge is 0.257 e. The second kappa shape index (κ2) is 9.56. The zero-order valence-electron chi connectivity index (χ0n) is 17.7. The number of methoxy groups -OCH3 is 1. The minimum absolute atomic E-state index is 0.272. The molecule has 2 aromatic carbocycles. The van der Waals surface area contributed by atoms with E-state index in [1.807, 2.05) is 68.4 Å². The van der Waals surface area contributed by atoms with E-state index in [2.05, 4.69) is 51.8 Å². The molecule has 0 bridgehead atoms. The summed E-state index contributed by atoms with van der Waals surface area (Å²) in [5.41, 5.74) is 6.32. The average molecular weight is 493 g/mol. The molecule has 32 heavy (non-hydrogen) atoms. The van der Waals surface area contributed by atoms with E-state index in [4.69, 9.17) is 4.74 Å². The Morgan fingerprint density at radius 3 is 2.47 bits per heavy atom. The standard InChI is InChI=1S/C22H21BrN8O/c1-14-12-15(2)31(30-14)22-27-20(25-18-10-8-17(23)9-11-18)26-21(28-22)29-24-13-16-6-4-5-7-19(16)32-3/h4-13H,1-3H3,(H2,25,26,27,28,29). The molecule has 2 N–H and O–H groups in total. The first-order valence-electron chi connectivity index (χ1n) is 9.76. The molecule has 0 fully saturated rings. The lowest BCUT2D eigenvalue weighted by Gasteiger charge is -2.10. The monoisotopic (exact) mass is 492 g/mol. The van der Waals surface area contributed by atoms with Gasteiger partial charge in [-0.05, 0) is 56.3 Å². The van der Waals surface area contributed by atoms with E-state index in [0.29, 0.717) is 11.9 Å². The number of nitrogens with one attached hydrogen (secondary N) is 2. The first-order valence-corrected chi connectivity index (χ1v) is 10.6. The molecule has 0 saturated heterocycles. The van der Waals surface area contributed by atoms with Crippen LogP contribution in [0.15, 0.2) is 64.2 Å². The number of hydrogen-bond acceptors (Lipinski definition) is 8. The maximum Gasteiger partial charge on any atom is 0.257 e. The van der Waals surface area contributed by atoms with E-state index < -0.39 is 0 Å². The van der Waals surface area contributed by atoms with Gasteiger partial charge in [0.1, 0.15) is 5.75 Å². The Kier molecular flexibility index (Phi) is 6.41. The molecule has 0 spiro atoms. The molecule has 0 unspecified atom stereocenters. The number of aryl methyl sites for hydroxylation is 2. The summed E-state index contributed by atoms with van der Waals surface area (Å²) in [7, 11) is 1.62. The third-order valence-corrected chi connectivity index (χ3v) is 4.96. The van der Waals surface area contributed by atoms with Gasteiger partial charge in [0, 0.05) is 21.4 Å². The average Bonchev–Trinajstić information content (AvgIpc) is 3.13. The first kappa shape index (κ1) is 21.4. The number of anilines is 3. The van der Waals surface area contributed by atoms with Crippen molar-refractivity contribution in [3.8, 4) is 11.7 Å². The number of benzene rings is 2. The van der Waals surface area contributed by atoms with Gasteiger partial charge in [-0.15, -0.1) is 0 Å². The lowest BCUT2D eigenvalue weighted by Crippen LogP contribution is -2.11. The number of hydrogen-bond donors (Lipinski definition) is 2. The van der Waals surface area contributed by atoms with E-state index in [-0.39, 0.29) is 5.95 Å². The van der Waals surface area contributed by atoms with E-state index in [1.165, 1.54) is 0 Å². The van der Waals surface area contributed by atoms with Gasteiger partial charge >= 0.3 is 0 Å². The van der Waals surface area contributed by atoms with Crippen molar-refractivity contribution in [3.05, 3.63) is 76.0 Å². The molecule has 0 radical (unpaired) electrons. The highest BCUT2D eigenvalue weighted by atomic mass is 79.9. The van der Waals surface area contributed by atoms with E-state index in [0.717, 1.165) is 32.9 Å². The third-order valence-electron chi connectivity index (χ3n) is 4.43. The summed E-state index contributed by atoms with van der Waals surface area (Å²) in [4.78, 5) is 13.5. The molecule has 2 heterocycles. The number of halogens is 1. The third kappa shape index (κ3) is 5.09. The van der Waals surface area contributed by atoms with Crippen LogP contribution in [0, 0.1) is 13.8 Å². The first-order chi connectivity index (χ1) is 15.5. The van der Waals surface area contributed by atoms with Crippen LogP contribution in [0.1, 0.15) is 17.0 Å². The van der Waals surface area contributed by atoms with Crippen molar-refractivity contribution in [3.63, 3.8) is 0 Å². The summed E-state index contributed by atoms with van der Waals surface area (Å²) in [5, 5.41) is 11.9. The predicted molar refractivity (Wildman–Crippen MR) is 128 cm³/mol. The quantitative estimate of drug-likeness (QED) is 0.286. The molecule has 9 nitrogen and oxygen atoms in total. The van der Waals surface area contributed by atoms with Crippen LogP contribution in [0.2, 0.25) is 0 Å². The van der Waals surface area contributed by atoms with Gasteiger partial charge in [-0.2, -0.15) is 25.2 Å². The Morgan fingerprint density at radius 1 is 1.00 bits per heavy atom. The van der Waals surface area contributed by atoms with Crippen LogP contribution in [0.5, 0.6) is 5.75 Å². The van der Waals surface area contributed by atoms with E-state index in [9.17, 15) is 0 Å². The summed E-state index contributed by atoms with van der Waals surface area (Å²) in [6.07, 6.45) is 1.65. The van der Waals surface area contributed by atoms with Crippen molar-refractivity contribution in [2.45, 2.75) is 13.8 Å². The molecule has 0 aliphatic heterocycles. The lowest BCUT2D eigenvalue weighted by molar-refractivity contribution is 0.414. The zero-order valence-corrected chi connectivity index (χ0v) is 19.3. The molecular weight excluding hydrogens is 472 g/mol. The zero-order chi connectivity index (χ0) is 22.5. The van der Waals surface area contributed by atoms with Gasteiger partial charge in [-0.1, -0.05) is 28.1 Å². The van der Waals surface area contributed by atoms with Crippen molar-refractivity contribution >= 4 is 39.7 Å². The molecule has 0 amide bonds. The summed E-state index contributed by atoms with van der Waals surface area (Å²) in [5.74, 6) is 1.73. The Labute approximate surface area is 193 Å². The van der Waals surface area contributed by atoms with Gasteiger partial charge in [0.15, 0.2) is 0 Å². The van der Waals surface area contributed by atoms with Crippen LogP contribution < -0.4 is 15.5 Å². The van der Waals surface area contributed by atoms with Crippen LogP contribution in [-0.2, 0) is 0 Å². The van der Waals surface area contributed by atoms with Gasteiger partial charge in [-0.25, -0.2) is 10.1 Å². The van der Waals surface area contributed by atoms with Gasteiger partial charge in [-0.3, -0.25) is 0 Å². The van der Waals surface area contributed by atoms with Gasteiger partial charge in [0.05, 0.1) is 19.0 Å². The number of aromatic nitrogens is 5. The highest BCUT2D eigenvalue weighted by Crippen LogP contribution is 2.19. The summed E-state index contributed by atoms with van der Waals surface area (Å²) in [6.45, 7) is 3.86. The molecule has 2 aromatic heterocycles. The SMILES string of the molecule is COc1ccccc1C=NNc1nc(Nc2ccc(Br)cc2)nc(-n2nc(C)cc2C)n1. The predicted octanol–water partition coefficient (Wildman–Crippen LogP) is 4.63. The number of para-hydroxylation sites is 1. The van der Waals surface area contributed by atoms with E-state index in [1.54, 1.807) is 18.0 Å². The maximum absolute atomic E-state index is 5.35. The second-order valence-electron chi connectivity index (χ2n) is 6.87. The molecule has 4 rings (SSSR count). The summed E-state index contributed by atoms with van der Waals surface area (Å²) < 4.78 is 8.00. The van der Waals surface area contributed by atoms with Crippen LogP contribution >= 0.6 is 15.9 Å². The number of ether oxygens (including phenoxy) is 1. The topological polar surface area (TPSA) is 102 Å². The van der Waals surface area contributed by atoms with E-state index >= 15 is 0 Å². The van der Waals surface area contributed by atoms with Crippen molar-refractivity contribution in [1.82, 2.24) is 24.7 Å². The van der Waals surface area contributed by atoms with Crippen molar-refractivity contribution in [2.24, 2.45) is 5.10 Å². The van der Waals surface area contributed by atoms with Gasteiger partial charge in [0.2, 0.25) is 11.9 Å². The molecule has 0 aliphatic carbocycles. The van der Waals surface area contributed by atoms with Crippen molar-refractivity contribution < 1.29 is 4.74 Å². The van der Waals surface area contributed by atoms with Gasteiger partial charge < -0.3 is 10.1 Å². The Bertz CT molecular complexity index is 1250. The molecule has 4 aromatic rings. The number of nitrogens with zero attached hydrogens (tertiary/aromatic N) is 6. The van der Waals surface area contributed by atoms with Gasteiger partial charge in [0.25, 0.3) is 5.95 Å². The molecule has 162 valence electrons. The van der Waals surface area contributed by atoms with Crippen molar-refractivity contribution in [1.29, 1.82) is 0 Å². The van der Waals surface area contributed by atoms with Crippen LogP contribution in [0.25, 0.3) is 5.95 Å². The highest BCUT2D eigenvalue weighted by molar-refractivity contribution is 9.10. The minimum Gasteiger partial charge on any atom is -0.496 e. The lowest BCUT2D eigenvalue weighted by atomic mass is 10.2. The van der Waals surface area contributed by atoms with Crippen LogP contribution in [0.3, 0.4) is 0 Å². The highest BCUT2D eigenvalue weighted by Gasteiger charge is 2.12. The fourth-order valence-electron chi connectivity index (χ4n) is 2.99. The Morgan fingerprint density at radius 2 is 1.75 bits per heavy atom. The van der Waals surface area contributed by atoms with Crippen molar-refractivity contribution in [2.75, 3.05) is 17.9 Å². The molecular formula is C22H21BrN8O. The van der Waals surface area contributed by atoms with Crippen LogP contribution in [-0.4, -0.2) is 38.1 Å². The molecule has 0 saturated carbocycles. The maximum atomic E-state index is 5.35. The molecule has 0 atom stereocenters. The fraction of sp³-hybridized carbons (Fsp3) is 0.136. The molecule has 0 aliphatic rings. The summed E-state index contributed by atoms with van der Waals surface area (Å²) in [6, 6.07) is 17.2. The normalized spacial score (nSPS) is 11.0. The largest absolute Gasteiger partial charge is 0.496 e. The summed E-state index contributed by atoms with van der Waals surface area (Å²) >= 11 is 3.44. The second-order valence-corrected chi connectivity index (χ2v) is 7.78.